The Balaban J connectivity index is 1.86. The molecule has 0 radical (unpaired) electrons. The zero-order chi connectivity index (χ0) is 22.7. The number of ether oxygens (including phenoxy) is 1. The van der Waals surface area contributed by atoms with Gasteiger partial charge in [0.1, 0.15) is 0 Å². The molecule has 1 aliphatic rings. The first-order chi connectivity index (χ1) is 15.5. The van der Waals surface area contributed by atoms with Gasteiger partial charge < -0.3 is 4.74 Å². The standard InChI is InChI=1S/C26H24N2O3S/c1-4-31-25(30)22-18(3)27-26-28(23(22)20-15-13-17(2)14-16-20)24(29)21(32-26)12-8-11-19-9-6-5-7-10-19/h5-16,23H,4H2,1-3H3/b11-8+,21-12-/t23-/m0/s1. The number of nitrogens with zero attached hydrogens (tertiary/aromatic N) is 2. The fourth-order valence-electron chi connectivity index (χ4n) is 3.68. The number of carbonyl (C=O) groups is 1. The van der Waals surface area contributed by atoms with Gasteiger partial charge in [0.05, 0.1) is 28.5 Å². The summed E-state index contributed by atoms with van der Waals surface area (Å²) in [7, 11) is 0. The van der Waals surface area contributed by atoms with Gasteiger partial charge in [-0.3, -0.25) is 9.36 Å². The molecule has 0 saturated carbocycles. The summed E-state index contributed by atoms with van der Waals surface area (Å²) in [4.78, 5) is 31.4. The molecule has 3 aromatic rings. The maximum absolute atomic E-state index is 13.4. The third kappa shape index (κ3) is 4.27. The Morgan fingerprint density at radius 1 is 1.12 bits per heavy atom. The third-order valence-corrected chi connectivity index (χ3v) is 6.25. The zero-order valence-corrected chi connectivity index (χ0v) is 19.1. The number of hydrogen-bond donors (Lipinski definition) is 0. The summed E-state index contributed by atoms with van der Waals surface area (Å²) in [6, 6.07) is 17.2. The Bertz CT molecular complexity index is 1380. The summed E-state index contributed by atoms with van der Waals surface area (Å²) in [5.74, 6) is -0.447. The van der Waals surface area contributed by atoms with Crippen LogP contribution in [-0.4, -0.2) is 17.1 Å². The van der Waals surface area contributed by atoms with E-state index in [-0.39, 0.29) is 12.2 Å². The number of hydrogen-bond acceptors (Lipinski definition) is 5. The van der Waals surface area contributed by atoms with Gasteiger partial charge in [-0.1, -0.05) is 83.6 Å². The lowest BCUT2D eigenvalue weighted by atomic mass is 9.95. The van der Waals surface area contributed by atoms with Crippen LogP contribution in [0.5, 0.6) is 0 Å². The van der Waals surface area contributed by atoms with Gasteiger partial charge in [-0.05, 0) is 38.0 Å². The largest absolute Gasteiger partial charge is 0.463 e. The van der Waals surface area contributed by atoms with Crippen LogP contribution in [0.2, 0.25) is 0 Å². The molecule has 2 aromatic carbocycles. The molecule has 0 saturated heterocycles. The lowest BCUT2D eigenvalue weighted by Crippen LogP contribution is -2.39. The Morgan fingerprint density at radius 3 is 2.53 bits per heavy atom. The van der Waals surface area contributed by atoms with Crippen molar-refractivity contribution in [1.82, 2.24) is 4.57 Å². The SMILES string of the molecule is CCOC(=O)C1=C(C)N=c2s/c(=C\C=C\c3ccccc3)c(=O)n2[C@H]1c1ccc(C)cc1. The number of fused-ring (bicyclic) bond motifs is 1. The Kier molecular flexibility index (Phi) is 6.32. The molecule has 6 heteroatoms. The number of aromatic nitrogens is 1. The summed E-state index contributed by atoms with van der Waals surface area (Å²) in [5.41, 5.74) is 3.79. The second-order valence-electron chi connectivity index (χ2n) is 7.51. The first-order valence-electron chi connectivity index (χ1n) is 10.5. The smallest absolute Gasteiger partial charge is 0.338 e. The van der Waals surface area contributed by atoms with Gasteiger partial charge >= 0.3 is 5.97 Å². The van der Waals surface area contributed by atoms with E-state index in [1.54, 1.807) is 24.5 Å². The number of thiazole rings is 1. The second-order valence-corrected chi connectivity index (χ2v) is 8.51. The van der Waals surface area contributed by atoms with Crippen molar-refractivity contribution in [2.24, 2.45) is 4.99 Å². The van der Waals surface area contributed by atoms with Crippen molar-refractivity contribution in [2.75, 3.05) is 6.61 Å². The maximum atomic E-state index is 13.4. The van der Waals surface area contributed by atoms with Crippen LogP contribution in [0.4, 0.5) is 0 Å². The topological polar surface area (TPSA) is 60.7 Å². The molecule has 2 heterocycles. The van der Waals surface area contributed by atoms with Gasteiger partial charge in [-0.15, -0.1) is 0 Å². The van der Waals surface area contributed by atoms with Crippen LogP contribution in [0.25, 0.3) is 12.2 Å². The summed E-state index contributed by atoms with van der Waals surface area (Å²) < 4.78 is 7.48. The summed E-state index contributed by atoms with van der Waals surface area (Å²) in [6.07, 6.45) is 5.61. The molecule has 0 N–H and O–H groups in total. The van der Waals surface area contributed by atoms with E-state index in [2.05, 4.69) is 4.99 Å². The minimum absolute atomic E-state index is 0.175. The van der Waals surface area contributed by atoms with Gasteiger partial charge in [0.2, 0.25) is 0 Å². The van der Waals surface area contributed by atoms with Crippen molar-refractivity contribution in [3.05, 3.63) is 108 Å². The molecule has 0 fully saturated rings. The highest BCUT2D eigenvalue weighted by Crippen LogP contribution is 2.30. The van der Waals surface area contributed by atoms with Crippen molar-refractivity contribution in [1.29, 1.82) is 0 Å². The van der Waals surface area contributed by atoms with Crippen LogP contribution in [0.3, 0.4) is 0 Å². The van der Waals surface area contributed by atoms with Gasteiger partial charge in [-0.25, -0.2) is 9.79 Å². The van der Waals surface area contributed by atoms with E-state index in [1.165, 1.54) is 11.3 Å². The predicted octanol–water partition coefficient (Wildman–Crippen LogP) is 3.77. The van der Waals surface area contributed by atoms with Crippen LogP contribution in [-0.2, 0) is 9.53 Å². The number of esters is 1. The quantitative estimate of drug-likeness (QED) is 0.563. The predicted molar refractivity (Wildman–Crippen MR) is 128 cm³/mol. The van der Waals surface area contributed by atoms with Crippen LogP contribution >= 0.6 is 11.3 Å². The van der Waals surface area contributed by atoms with Crippen molar-refractivity contribution in [3.63, 3.8) is 0 Å². The summed E-state index contributed by atoms with van der Waals surface area (Å²) in [5, 5.41) is 0. The molecule has 0 amide bonds. The van der Waals surface area contributed by atoms with Gasteiger partial charge in [0, 0.05) is 0 Å². The van der Waals surface area contributed by atoms with Gasteiger partial charge in [-0.2, -0.15) is 0 Å². The molecule has 4 rings (SSSR count). The van der Waals surface area contributed by atoms with Crippen LogP contribution < -0.4 is 14.9 Å². The fourth-order valence-corrected chi connectivity index (χ4v) is 4.68. The number of benzene rings is 2. The van der Waals surface area contributed by atoms with Crippen molar-refractivity contribution in [2.45, 2.75) is 26.8 Å². The minimum atomic E-state index is -0.578. The monoisotopic (exact) mass is 444 g/mol. The molecule has 32 heavy (non-hydrogen) atoms. The van der Waals surface area contributed by atoms with E-state index in [0.29, 0.717) is 20.6 Å². The van der Waals surface area contributed by atoms with Crippen molar-refractivity contribution in [3.8, 4) is 0 Å². The summed E-state index contributed by atoms with van der Waals surface area (Å²) >= 11 is 1.32. The normalized spacial score (nSPS) is 16.2. The van der Waals surface area contributed by atoms with Crippen molar-refractivity contribution >= 4 is 29.5 Å². The second kappa shape index (κ2) is 9.32. The van der Waals surface area contributed by atoms with Gasteiger partial charge in [0.25, 0.3) is 5.56 Å². The van der Waals surface area contributed by atoms with E-state index in [9.17, 15) is 9.59 Å². The highest BCUT2D eigenvalue weighted by molar-refractivity contribution is 7.07. The van der Waals surface area contributed by atoms with Crippen molar-refractivity contribution < 1.29 is 9.53 Å². The van der Waals surface area contributed by atoms with E-state index < -0.39 is 12.0 Å². The molecule has 0 unspecified atom stereocenters. The Labute approximate surface area is 190 Å². The van der Waals surface area contributed by atoms with E-state index in [0.717, 1.165) is 16.7 Å². The first-order valence-corrected chi connectivity index (χ1v) is 11.3. The third-order valence-electron chi connectivity index (χ3n) is 5.25. The molecule has 0 aliphatic carbocycles. The number of carbonyl (C=O) groups excluding carboxylic acids is 1. The summed E-state index contributed by atoms with van der Waals surface area (Å²) in [6.45, 7) is 5.81. The lowest BCUT2D eigenvalue weighted by Gasteiger charge is -2.24. The molecular formula is C26H24N2O3S. The Hall–Kier alpha value is -3.51. The molecule has 5 nitrogen and oxygen atoms in total. The highest BCUT2D eigenvalue weighted by atomic mass is 32.1. The highest BCUT2D eigenvalue weighted by Gasteiger charge is 2.33. The first kappa shape index (κ1) is 21.7. The average molecular weight is 445 g/mol. The molecule has 1 atom stereocenters. The number of allylic oxidation sites excluding steroid dienone is 2. The van der Waals surface area contributed by atoms with E-state index in [1.807, 2.05) is 73.7 Å². The molecule has 1 aromatic heterocycles. The van der Waals surface area contributed by atoms with Crippen LogP contribution in [0.1, 0.15) is 36.6 Å². The number of rotatable bonds is 5. The molecular weight excluding hydrogens is 420 g/mol. The van der Waals surface area contributed by atoms with Gasteiger partial charge in [0.15, 0.2) is 4.80 Å². The van der Waals surface area contributed by atoms with E-state index in [4.69, 9.17) is 4.74 Å². The molecule has 1 aliphatic heterocycles. The molecule has 0 spiro atoms. The molecule has 162 valence electrons. The Morgan fingerprint density at radius 2 is 1.84 bits per heavy atom. The van der Waals surface area contributed by atoms with Crippen LogP contribution in [0.15, 0.2) is 81.7 Å². The lowest BCUT2D eigenvalue weighted by molar-refractivity contribution is -0.139. The van der Waals surface area contributed by atoms with E-state index >= 15 is 0 Å². The zero-order valence-electron chi connectivity index (χ0n) is 18.2. The average Bonchev–Trinajstić information content (AvgIpc) is 3.09. The maximum Gasteiger partial charge on any atom is 0.338 e. The number of aryl methyl sites for hydroxylation is 1. The fraction of sp³-hybridized carbons (Fsp3) is 0.192. The molecule has 0 bridgehead atoms. The minimum Gasteiger partial charge on any atom is -0.463 e. The van der Waals surface area contributed by atoms with Crippen LogP contribution in [0, 0.1) is 6.92 Å².